The molecule has 1 heterocycles. The number of unbranched alkanes of at least 4 members (excludes halogenated alkanes) is 1. The molecule has 1 N–H and O–H groups in total. The Kier molecular flexibility index (Phi) is 9.62. The molecule has 2 unspecified atom stereocenters. The van der Waals surface area contributed by atoms with Gasteiger partial charge in [0.2, 0.25) is 10.0 Å². The van der Waals surface area contributed by atoms with Gasteiger partial charge in [-0.1, -0.05) is 26.7 Å². The molecular formula is C25H33FN2O6S2. The summed E-state index contributed by atoms with van der Waals surface area (Å²) in [6.45, 7) is 4.01. The van der Waals surface area contributed by atoms with Gasteiger partial charge < -0.3 is 19.5 Å². The molecule has 0 fully saturated rings. The van der Waals surface area contributed by atoms with E-state index in [9.17, 15) is 22.7 Å². The number of sulfonamides is 1. The van der Waals surface area contributed by atoms with Gasteiger partial charge >= 0.3 is 5.97 Å². The molecule has 36 heavy (non-hydrogen) atoms. The lowest BCUT2D eigenvalue weighted by Crippen LogP contribution is -2.40. The van der Waals surface area contributed by atoms with Crippen LogP contribution >= 0.6 is 11.8 Å². The minimum absolute atomic E-state index is 0.0383. The van der Waals surface area contributed by atoms with Gasteiger partial charge in [0.15, 0.2) is 6.10 Å². The van der Waals surface area contributed by atoms with Crippen LogP contribution in [0.1, 0.15) is 33.1 Å². The van der Waals surface area contributed by atoms with Crippen LogP contribution < -0.4 is 9.64 Å². The predicted octanol–water partition coefficient (Wildman–Crippen LogP) is 4.18. The van der Waals surface area contributed by atoms with Crippen LogP contribution in [-0.4, -0.2) is 69.0 Å². The minimum atomic E-state index is -3.93. The van der Waals surface area contributed by atoms with Crippen molar-refractivity contribution in [2.24, 2.45) is 0 Å². The smallest absolute Gasteiger partial charge is 0.338 e. The number of aliphatic hydroxyl groups is 1. The number of anilines is 2. The number of benzene rings is 2. The van der Waals surface area contributed by atoms with Crippen molar-refractivity contribution in [3.8, 4) is 5.75 Å². The lowest BCUT2D eigenvalue weighted by atomic mass is 10.1. The molecule has 0 saturated carbocycles. The summed E-state index contributed by atoms with van der Waals surface area (Å²) in [5.74, 6) is -0.303. The number of thioether (sulfide) groups is 1. The largest absolute Gasteiger partial charge is 0.489 e. The fourth-order valence-corrected chi connectivity index (χ4v) is 6.39. The van der Waals surface area contributed by atoms with Crippen molar-refractivity contribution >= 4 is 39.1 Å². The van der Waals surface area contributed by atoms with Crippen LogP contribution in [0.4, 0.5) is 15.8 Å². The Labute approximate surface area is 216 Å². The minimum Gasteiger partial charge on any atom is -0.489 e. The van der Waals surface area contributed by atoms with Gasteiger partial charge in [-0.3, -0.25) is 0 Å². The van der Waals surface area contributed by atoms with Crippen LogP contribution in [0.25, 0.3) is 0 Å². The van der Waals surface area contributed by atoms with Crippen LogP contribution in [0, 0.1) is 5.82 Å². The zero-order chi connectivity index (χ0) is 26.5. The molecule has 8 nitrogen and oxygen atoms in total. The van der Waals surface area contributed by atoms with E-state index in [0.29, 0.717) is 35.0 Å². The van der Waals surface area contributed by atoms with Crippen LogP contribution in [0.2, 0.25) is 0 Å². The number of carbonyl (C=O) groups is 1. The molecule has 0 spiro atoms. The van der Waals surface area contributed by atoms with Crippen LogP contribution in [0.3, 0.4) is 0 Å². The Morgan fingerprint density at radius 2 is 1.94 bits per heavy atom. The molecule has 1 aliphatic heterocycles. The Morgan fingerprint density at radius 3 is 2.56 bits per heavy atom. The molecule has 3 rings (SSSR count). The Bertz CT molecular complexity index is 1160. The molecule has 0 aliphatic carbocycles. The SMILES string of the molecule is CCCCC1CN(c2ccc(F)cc2)c2cc(SCC)c(OCC(O)C(=O)OC)cc2S(=O)(=O)N1C. The van der Waals surface area contributed by atoms with Crippen LogP contribution in [-0.2, 0) is 19.6 Å². The van der Waals surface area contributed by atoms with Gasteiger partial charge in [-0.05, 0) is 42.5 Å². The van der Waals surface area contributed by atoms with E-state index in [4.69, 9.17) is 4.74 Å². The van der Waals surface area contributed by atoms with E-state index in [1.165, 1.54) is 34.3 Å². The summed E-state index contributed by atoms with van der Waals surface area (Å²) < 4.78 is 53.0. The highest BCUT2D eigenvalue weighted by Gasteiger charge is 2.37. The predicted molar refractivity (Wildman–Crippen MR) is 138 cm³/mol. The molecule has 1 aliphatic rings. The maximum absolute atomic E-state index is 13.8. The number of hydrogen-bond donors (Lipinski definition) is 1. The zero-order valence-electron chi connectivity index (χ0n) is 20.9. The second-order valence-electron chi connectivity index (χ2n) is 8.45. The van der Waals surface area contributed by atoms with Gasteiger partial charge in [0.05, 0.1) is 17.7 Å². The maximum atomic E-state index is 13.8. The summed E-state index contributed by atoms with van der Waals surface area (Å²) >= 11 is 1.44. The summed E-state index contributed by atoms with van der Waals surface area (Å²) in [7, 11) is -1.19. The third-order valence-corrected chi connectivity index (χ3v) is 8.94. The number of hydrogen-bond acceptors (Lipinski definition) is 8. The van der Waals surface area contributed by atoms with Gasteiger partial charge in [-0.2, -0.15) is 4.31 Å². The average Bonchev–Trinajstić information content (AvgIpc) is 2.94. The van der Waals surface area contributed by atoms with E-state index in [1.54, 1.807) is 25.2 Å². The third kappa shape index (κ3) is 6.13. The van der Waals surface area contributed by atoms with Crippen molar-refractivity contribution in [2.75, 3.05) is 38.0 Å². The van der Waals surface area contributed by atoms with E-state index < -0.39 is 22.1 Å². The van der Waals surface area contributed by atoms with Crippen molar-refractivity contribution < 1.29 is 32.2 Å². The molecule has 0 aromatic heterocycles. The van der Waals surface area contributed by atoms with E-state index in [1.807, 2.05) is 11.8 Å². The Hall–Kier alpha value is -2.34. The summed E-state index contributed by atoms with van der Waals surface area (Å²) in [4.78, 5) is 14.2. The third-order valence-electron chi connectivity index (χ3n) is 6.08. The van der Waals surface area contributed by atoms with E-state index in [2.05, 4.69) is 11.7 Å². The van der Waals surface area contributed by atoms with Gasteiger partial charge in [-0.25, -0.2) is 17.6 Å². The lowest BCUT2D eigenvalue weighted by Gasteiger charge is -2.29. The number of nitrogens with zero attached hydrogens (tertiary/aromatic N) is 2. The van der Waals surface area contributed by atoms with Gasteiger partial charge in [-0.15, -0.1) is 11.8 Å². The number of esters is 1. The Morgan fingerprint density at radius 1 is 1.25 bits per heavy atom. The van der Waals surface area contributed by atoms with Gasteiger partial charge in [0.25, 0.3) is 0 Å². The average molecular weight is 541 g/mol. The molecule has 11 heteroatoms. The number of ether oxygens (including phenoxy) is 2. The number of halogens is 1. The quantitative estimate of drug-likeness (QED) is 0.354. The van der Waals surface area contributed by atoms with Crippen molar-refractivity contribution in [1.82, 2.24) is 4.31 Å². The van der Waals surface area contributed by atoms with Crippen molar-refractivity contribution in [2.45, 2.75) is 55.0 Å². The lowest BCUT2D eigenvalue weighted by molar-refractivity contribution is -0.151. The molecule has 0 bridgehead atoms. The van der Waals surface area contributed by atoms with Crippen molar-refractivity contribution in [1.29, 1.82) is 0 Å². The summed E-state index contributed by atoms with van der Waals surface area (Å²) in [6.07, 6.45) is 0.936. The zero-order valence-corrected chi connectivity index (χ0v) is 22.6. The first-order valence-corrected chi connectivity index (χ1v) is 14.3. The highest BCUT2D eigenvalue weighted by atomic mass is 32.2. The van der Waals surface area contributed by atoms with Crippen molar-refractivity contribution in [3.05, 3.63) is 42.2 Å². The van der Waals surface area contributed by atoms with Gasteiger partial charge in [0.1, 0.15) is 23.1 Å². The van der Waals surface area contributed by atoms with E-state index in [-0.39, 0.29) is 29.1 Å². The molecule has 2 aromatic rings. The molecule has 0 radical (unpaired) electrons. The Balaban J connectivity index is 2.17. The standard InChI is InChI=1S/C25H33FN2O6S2/c1-5-7-8-19-15-28(18-11-9-17(26)10-12-18)20-13-23(35-6-2)22(34-16-21(29)25(30)33-4)14-24(20)36(31,32)27(19)3/h9-14,19,21,29H,5-8,15-16H2,1-4H3. The van der Waals surface area contributed by atoms with E-state index in [0.717, 1.165) is 20.0 Å². The molecular weight excluding hydrogens is 507 g/mol. The highest BCUT2D eigenvalue weighted by Crippen LogP contribution is 2.44. The fraction of sp³-hybridized carbons (Fsp3) is 0.480. The summed E-state index contributed by atoms with van der Waals surface area (Å²) in [6, 6.07) is 8.87. The van der Waals surface area contributed by atoms with Crippen LogP contribution in [0.5, 0.6) is 5.75 Å². The number of methoxy groups -OCH3 is 1. The molecule has 2 aromatic carbocycles. The highest BCUT2D eigenvalue weighted by molar-refractivity contribution is 7.99. The fourth-order valence-electron chi connectivity index (χ4n) is 4.06. The molecule has 0 amide bonds. The molecule has 0 saturated heterocycles. The molecule has 198 valence electrons. The monoisotopic (exact) mass is 540 g/mol. The first kappa shape index (κ1) is 28.2. The normalized spacial score (nSPS) is 18.3. The second kappa shape index (κ2) is 12.3. The number of carbonyl (C=O) groups excluding carboxylic acids is 1. The van der Waals surface area contributed by atoms with Crippen LogP contribution in [0.15, 0.2) is 46.2 Å². The number of likely N-dealkylation sites (N-methyl/N-ethyl adjacent to an activating group) is 1. The number of rotatable bonds is 10. The molecule has 2 atom stereocenters. The summed E-state index contributed by atoms with van der Waals surface area (Å²) in [5, 5.41) is 9.99. The number of aliphatic hydroxyl groups excluding tert-OH is 1. The number of fused-ring (bicyclic) bond motifs is 1. The topological polar surface area (TPSA) is 96.4 Å². The second-order valence-corrected chi connectivity index (χ2v) is 11.7. The maximum Gasteiger partial charge on any atom is 0.338 e. The van der Waals surface area contributed by atoms with Gasteiger partial charge in [0, 0.05) is 31.4 Å². The summed E-state index contributed by atoms with van der Waals surface area (Å²) in [5.41, 5.74) is 1.14. The van der Waals surface area contributed by atoms with E-state index >= 15 is 0 Å². The van der Waals surface area contributed by atoms with Crippen molar-refractivity contribution in [3.63, 3.8) is 0 Å². The first-order chi connectivity index (χ1) is 17.1. The first-order valence-electron chi connectivity index (χ1n) is 11.8.